The van der Waals surface area contributed by atoms with Crippen LogP contribution in [0.3, 0.4) is 0 Å². The predicted molar refractivity (Wildman–Crippen MR) is 48.1 cm³/mol. The van der Waals surface area contributed by atoms with Crippen LogP contribution in [0.2, 0.25) is 0 Å². The highest BCUT2D eigenvalue weighted by Crippen LogP contribution is 2.18. The average Bonchev–Trinajstić information content (AvgIpc) is 2.11. The molecule has 0 aliphatic heterocycles. The van der Waals surface area contributed by atoms with Gasteiger partial charge in [-0.3, -0.25) is 0 Å². The van der Waals surface area contributed by atoms with E-state index in [1.54, 1.807) is 0 Å². The highest BCUT2D eigenvalue weighted by molar-refractivity contribution is 5.20. The molecule has 0 saturated carbocycles. The molecular weight excluding hydrogens is 148 g/mol. The van der Waals surface area contributed by atoms with Gasteiger partial charge in [-0.2, -0.15) is 10.5 Å². The lowest BCUT2D eigenvalue weighted by Crippen LogP contribution is -1.89. The molecule has 0 N–H and O–H groups in total. The largest absolute Gasteiger partial charge is 0.198 e. The van der Waals surface area contributed by atoms with Crippen LogP contribution in [0, 0.1) is 22.7 Å². The maximum absolute atomic E-state index is 8.51. The summed E-state index contributed by atoms with van der Waals surface area (Å²) in [5.74, 6) is 0. The van der Waals surface area contributed by atoms with E-state index in [0.717, 1.165) is 24.0 Å². The summed E-state index contributed by atoms with van der Waals surface area (Å²) in [6, 6.07) is 4.25. The molecule has 0 aliphatic carbocycles. The third-order valence-corrected chi connectivity index (χ3v) is 1.94. The van der Waals surface area contributed by atoms with Gasteiger partial charge in [0.2, 0.25) is 0 Å². The Labute approximate surface area is 74.1 Å². The first-order valence-electron chi connectivity index (χ1n) is 4.23. The van der Waals surface area contributed by atoms with Crippen LogP contribution in [-0.4, -0.2) is 0 Å². The summed E-state index contributed by atoms with van der Waals surface area (Å²) >= 11 is 0. The van der Waals surface area contributed by atoms with E-state index in [1.165, 1.54) is 0 Å². The monoisotopic (exact) mass is 162 g/mol. The molecule has 0 saturated heterocycles. The SMILES string of the molecule is CC/C(CC#N)=C(\CC)CC#N. The normalized spacial score (nSPS) is 11.3. The van der Waals surface area contributed by atoms with Gasteiger partial charge in [0.1, 0.15) is 0 Å². The summed E-state index contributed by atoms with van der Waals surface area (Å²) in [5, 5.41) is 17.0. The highest BCUT2D eigenvalue weighted by atomic mass is 14.3. The van der Waals surface area contributed by atoms with Gasteiger partial charge in [0, 0.05) is 0 Å². The van der Waals surface area contributed by atoms with Gasteiger partial charge in [0.15, 0.2) is 0 Å². The number of hydrogen-bond acceptors (Lipinski definition) is 2. The van der Waals surface area contributed by atoms with Gasteiger partial charge in [-0.1, -0.05) is 25.0 Å². The molecule has 0 aromatic heterocycles. The zero-order valence-electron chi connectivity index (χ0n) is 7.72. The second-order valence-electron chi connectivity index (χ2n) is 2.58. The quantitative estimate of drug-likeness (QED) is 0.596. The van der Waals surface area contributed by atoms with Crippen molar-refractivity contribution in [1.29, 1.82) is 10.5 Å². The van der Waals surface area contributed by atoms with Crippen molar-refractivity contribution in [3.63, 3.8) is 0 Å². The Bertz CT molecular complexity index is 212. The van der Waals surface area contributed by atoms with Crippen molar-refractivity contribution in [1.82, 2.24) is 0 Å². The van der Waals surface area contributed by atoms with Crippen molar-refractivity contribution in [2.75, 3.05) is 0 Å². The lowest BCUT2D eigenvalue weighted by molar-refractivity contribution is 0.920. The number of nitrogens with zero attached hydrogens (tertiary/aromatic N) is 2. The molecule has 0 rings (SSSR count). The Morgan fingerprint density at radius 3 is 1.42 bits per heavy atom. The molecule has 0 fully saturated rings. The topological polar surface area (TPSA) is 47.6 Å². The Hall–Kier alpha value is -1.28. The second-order valence-corrected chi connectivity index (χ2v) is 2.58. The van der Waals surface area contributed by atoms with E-state index in [4.69, 9.17) is 10.5 Å². The first kappa shape index (κ1) is 10.7. The van der Waals surface area contributed by atoms with E-state index < -0.39 is 0 Å². The number of allylic oxidation sites excluding steroid dienone is 2. The highest BCUT2D eigenvalue weighted by Gasteiger charge is 2.02. The first-order valence-corrected chi connectivity index (χ1v) is 4.23. The van der Waals surface area contributed by atoms with Crippen molar-refractivity contribution >= 4 is 0 Å². The third kappa shape index (κ3) is 3.21. The fourth-order valence-corrected chi connectivity index (χ4v) is 1.19. The van der Waals surface area contributed by atoms with Crippen molar-refractivity contribution in [2.24, 2.45) is 0 Å². The zero-order valence-corrected chi connectivity index (χ0v) is 7.72. The standard InChI is InChI=1S/C10H14N2/c1-3-9(5-7-11)10(4-2)6-8-12/h3-6H2,1-2H3/b10-9-. The fourth-order valence-electron chi connectivity index (χ4n) is 1.19. The smallest absolute Gasteiger partial charge is 0.0666 e. The summed E-state index contributed by atoms with van der Waals surface area (Å²) < 4.78 is 0. The number of hydrogen-bond donors (Lipinski definition) is 0. The molecule has 0 heterocycles. The predicted octanol–water partition coefficient (Wildman–Crippen LogP) is 2.93. The van der Waals surface area contributed by atoms with Crippen LogP contribution in [0.5, 0.6) is 0 Å². The summed E-state index contributed by atoms with van der Waals surface area (Å²) in [4.78, 5) is 0. The van der Waals surface area contributed by atoms with Crippen LogP contribution >= 0.6 is 0 Å². The van der Waals surface area contributed by atoms with Gasteiger partial charge in [0.05, 0.1) is 25.0 Å². The molecule has 0 spiro atoms. The van der Waals surface area contributed by atoms with Crippen LogP contribution in [0.4, 0.5) is 0 Å². The third-order valence-electron chi connectivity index (χ3n) is 1.94. The van der Waals surface area contributed by atoms with Crippen LogP contribution in [0.1, 0.15) is 39.5 Å². The summed E-state index contributed by atoms with van der Waals surface area (Å²) in [6.45, 7) is 4.05. The first-order chi connectivity index (χ1) is 5.79. The molecular formula is C10H14N2. The Morgan fingerprint density at radius 1 is 0.917 bits per heavy atom. The fraction of sp³-hybridized carbons (Fsp3) is 0.600. The molecule has 0 atom stereocenters. The minimum Gasteiger partial charge on any atom is -0.198 e. The maximum Gasteiger partial charge on any atom is 0.0666 e. The van der Waals surface area contributed by atoms with Gasteiger partial charge in [-0.05, 0) is 12.8 Å². The molecule has 12 heavy (non-hydrogen) atoms. The minimum atomic E-state index is 0.474. The molecule has 2 heteroatoms. The van der Waals surface area contributed by atoms with Gasteiger partial charge < -0.3 is 0 Å². The van der Waals surface area contributed by atoms with Crippen LogP contribution < -0.4 is 0 Å². The van der Waals surface area contributed by atoms with Crippen molar-refractivity contribution in [3.05, 3.63) is 11.1 Å². The van der Waals surface area contributed by atoms with Gasteiger partial charge in [-0.25, -0.2) is 0 Å². The van der Waals surface area contributed by atoms with E-state index in [1.807, 2.05) is 13.8 Å². The van der Waals surface area contributed by atoms with Gasteiger partial charge in [-0.15, -0.1) is 0 Å². The number of nitriles is 2. The lowest BCUT2D eigenvalue weighted by Gasteiger charge is -2.05. The van der Waals surface area contributed by atoms with E-state index in [9.17, 15) is 0 Å². The molecule has 2 nitrogen and oxygen atoms in total. The van der Waals surface area contributed by atoms with Gasteiger partial charge >= 0.3 is 0 Å². The molecule has 0 unspecified atom stereocenters. The average molecular weight is 162 g/mol. The molecule has 0 aliphatic rings. The molecule has 64 valence electrons. The van der Waals surface area contributed by atoms with Crippen molar-refractivity contribution < 1.29 is 0 Å². The van der Waals surface area contributed by atoms with Crippen LogP contribution in [-0.2, 0) is 0 Å². The minimum absolute atomic E-state index is 0.474. The molecule has 0 amide bonds. The Kier molecular flexibility index (Phi) is 5.75. The van der Waals surface area contributed by atoms with Gasteiger partial charge in [0.25, 0.3) is 0 Å². The van der Waals surface area contributed by atoms with E-state index in [2.05, 4.69) is 12.1 Å². The van der Waals surface area contributed by atoms with Crippen molar-refractivity contribution in [3.8, 4) is 12.1 Å². The van der Waals surface area contributed by atoms with E-state index in [-0.39, 0.29) is 0 Å². The zero-order chi connectivity index (χ0) is 9.40. The molecule has 0 aromatic carbocycles. The summed E-state index contributed by atoms with van der Waals surface area (Å²) in [6.07, 6.45) is 2.72. The van der Waals surface area contributed by atoms with Crippen LogP contribution in [0.25, 0.3) is 0 Å². The van der Waals surface area contributed by atoms with E-state index >= 15 is 0 Å². The second kappa shape index (κ2) is 6.43. The Balaban J connectivity index is 4.53. The van der Waals surface area contributed by atoms with Crippen LogP contribution in [0.15, 0.2) is 11.1 Å². The maximum atomic E-state index is 8.51. The summed E-state index contributed by atoms with van der Waals surface area (Å²) in [7, 11) is 0. The molecule has 0 radical (unpaired) electrons. The Morgan fingerprint density at radius 2 is 1.25 bits per heavy atom. The van der Waals surface area contributed by atoms with Crippen molar-refractivity contribution in [2.45, 2.75) is 39.5 Å². The summed E-state index contributed by atoms with van der Waals surface area (Å²) in [5.41, 5.74) is 2.28. The molecule has 0 bridgehead atoms. The molecule has 0 aromatic rings. The lowest BCUT2D eigenvalue weighted by atomic mass is 9.99. The van der Waals surface area contributed by atoms with E-state index in [0.29, 0.717) is 12.8 Å². The number of rotatable bonds is 4.